The summed E-state index contributed by atoms with van der Waals surface area (Å²) in [6, 6.07) is 0. The van der Waals surface area contributed by atoms with Crippen molar-refractivity contribution >= 4 is 17.9 Å². The fourth-order valence-corrected chi connectivity index (χ4v) is 5.08. The molecule has 1 amide bonds. The van der Waals surface area contributed by atoms with E-state index in [0.717, 1.165) is 38.8 Å². The average molecular weight is 574 g/mol. The predicted molar refractivity (Wildman–Crippen MR) is 185 cm³/mol. The average Bonchev–Trinajstić information content (AvgIpc) is 2.95. The molecule has 0 saturated carbocycles. The maximum absolute atomic E-state index is 11.9. The van der Waals surface area contributed by atoms with Crippen molar-refractivity contribution < 1.29 is 4.79 Å². The Morgan fingerprint density at radius 3 is 1.07 bits per heavy atom. The van der Waals surface area contributed by atoms with Crippen LogP contribution in [0.3, 0.4) is 0 Å². The maximum atomic E-state index is 11.9. The molecule has 40 heavy (non-hydrogen) atoms. The van der Waals surface area contributed by atoms with Crippen LogP contribution >= 0.6 is 12.6 Å². The van der Waals surface area contributed by atoms with Crippen molar-refractivity contribution in [3.8, 4) is 0 Å². The van der Waals surface area contributed by atoms with E-state index in [1.54, 1.807) is 0 Å². The Hall–Kier alpha value is -1.22. The summed E-state index contributed by atoms with van der Waals surface area (Å²) < 4.78 is 0. The Kier molecular flexibility index (Phi) is 32.9. The van der Waals surface area contributed by atoms with E-state index in [9.17, 15) is 4.79 Å². The summed E-state index contributed by atoms with van der Waals surface area (Å²) >= 11 is 4.12. The van der Waals surface area contributed by atoms with Gasteiger partial charge in [0.05, 0.1) is 0 Å². The Morgan fingerprint density at radius 2 is 0.750 bits per heavy atom. The number of thiol groups is 1. The zero-order chi connectivity index (χ0) is 29.2. The number of amides is 1. The van der Waals surface area contributed by atoms with Crippen molar-refractivity contribution in [3.05, 3.63) is 48.6 Å². The van der Waals surface area contributed by atoms with E-state index < -0.39 is 0 Å². The predicted octanol–water partition coefficient (Wildman–Crippen LogP) is 13.0. The monoisotopic (exact) mass is 573 g/mol. The van der Waals surface area contributed by atoms with E-state index in [4.69, 9.17) is 0 Å². The van der Waals surface area contributed by atoms with Gasteiger partial charge in [-0.25, -0.2) is 0 Å². The van der Waals surface area contributed by atoms with Gasteiger partial charge in [0, 0.05) is 13.1 Å². The molecule has 232 valence electrons. The van der Waals surface area contributed by atoms with Crippen molar-refractivity contribution in [2.45, 2.75) is 168 Å². The molecule has 0 saturated heterocycles. The number of rotatable bonds is 30. The number of allylic oxidation sites excluding steroid dienone is 8. The molecular weight excluding hydrogens is 506 g/mol. The quantitative estimate of drug-likeness (QED) is 0.0514. The molecule has 3 heteroatoms. The summed E-state index contributed by atoms with van der Waals surface area (Å²) in [6.45, 7) is 6.26. The molecule has 0 aliphatic heterocycles. The highest BCUT2D eigenvalue weighted by molar-refractivity contribution is 7.96. The molecular formula is C37H67NOS. The normalized spacial score (nSPS) is 12.2. The van der Waals surface area contributed by atoms with Gasteiger partial charge >= 0.3 is 0 Å². The lowest BCUT2D eigenvalue weighted by atomic mass is 10.1. The van der Waals surface area contributed by atoms with Gasteiger partial charge in [0.25, 0.3) is 5.24 Å². The van der Waals surface area contributed by atoms with Gasteiger partial charge in [-0.15, -0.1) is 0 Å². The van der Waals surface area contributed by atoms with Crippen LogP contribution in [0.1, 0.15) is 168 Å². The largest absolute Gasteiger partial charge is 0.334 e. The summed E-state index contributed by atoms with van der Waals surface area (Å²) in [7, 11) is 0. The molecule has 0 aromatic carbocycles. The van der Waals surface area contributed by atoms with Gasteiger partial charge in [0.1, 0.15) is 0 Å². The molecule has 0 N–H and O–H groups in total. The van der Waals surface area contributed by atoms with Crippen molar-refractivity contribution in [2.75, 3.05) is 13.1 Å². The molecule has 0 aliphatic carbocycles. The topological polar surface area (TPSA) is 20.3 Å². The van der Waals surface area contributed by atoms with Gasteiger partial charge in [-0.2, -0.15) is 0 Å². The minimum Gasteiger partial charge on any atom is -0.334 e. The van der Waals surface area contributed by atoms with Crippen LogP contribution in [0, 0.1) is 0 Å². The SMILES string of the molecule is CCCCCC/C=C\C/C=C\CCCCCCCN(CCCCCCC/C=C\C/C=C\CCCCCC)C(=O)S. The number of carbonyl (C=O) groups is 1. The molecule has 0 radical (unpaired) electrons. The zero-order valence-corrected chi connectivity index (χ0v) is 27.7. The third-order valence-electron chi connectivity index (χ3n) is 7.53. The van der Waals surface area contributed by atoms with Crippen LogP contribution in [0.2, 0.25) is 0 Å². The van der Waals surface area contributed by atoms with Gasteiger partial charge in [-0.3, -0.25) is 4.79 Å². The number of hydrogen-bond acceptors (Lipinski definition) is 1. The Morgan fingerprint density at radius 1 is 0.450 bits per heavy atom. The van der Waals surface area contributed by atoms with Crippen molar-refractivity contribution in [1.29, 1.82) is 0 Å². The molecule has 0 aromatic heterocycles. The van der Waals surface area contributed by atoms with Crippen molar-refractivity contribution in [1.82, 2.24) is 4.90 Å². The first-order valence-corrected chi connectivity index (χ1v) is 17.7. The molecule has 0 aliphatic rings. The molecule has 2 nitrogen and oxygen atoms in total. The third kappa shape index (κ3) is 31.3. The highest BCUT2D eigenvalue weighted by Crippen LogP contribution is 2.11. The number of carbonyl (C=O) groups excluding carboxylic acids is 1. The molecule has 0 unspecified atom stereocenters. The van der Waals surface area contributed by atoms with Crippen LogP contribution in [0.4, 0.5) is 4.79 Å². The van der Waals surface area contributed by atoms with E-state index in [0.29, 0.717) is 0 Å². The highest BCUT2D eigenvalue weighted by Gasteiger charge is 2.08. The summed E-state index contributed by atoms with van der Waals surface area (Å²) in [5.74, 6) is 0. The van der Waals surface area contributed by atoms with Crippen LogP contribution in [0.15, 0.2) is 48.6 Å². The van der Waals surface area contributed by atoms with E-state index in [1.807, 2.05) is 4.90 Å². The van der Waals surface area contributed by atoms with E-state index in [2.05, 4.69) is 75.1 Å². The minimum atomic E-state index is -0.0553. The Balaban J connectivity index is 3.56. The van der Waals surface area contributed by atoms with Gasteiger partial charge < -0.3 is 4.90 Å². The smallest absolute Gasteiger partial charge is 0.278 e. The lowest BCUT2D eigenvalue weighted by Gasteiger charge is -2.20. The van der Waals surface area contributed by atoms with Gasteiger partial charge in [-0.1, -0.05) is 152 Å². The second-order valence-corrected chi connectivity index (χ2v) is 11.8. The van der Waals surface area contributed by atoms with E-state index in [1.165, 1.54) is 128 Å². The molecule has 0 spiro atoms. The van der Waals surface area contributed by atoms with Gasteiger partial charge in [0.15, 0.2) is 0 Å². The molecule has 0 aromatic rings. The fourth-order valence-electron chi connectivity index (χ4n) is 4.88. The second kappa shape index (κ2) is 34.0. The van der Waals surface area contributed by atoms with Crippen LogP contribution < -0.4 is 0 Å². The summed E-state index contributed by atoms with van der Waals surface area (Å²) in [4.78, 5) is 13.8. The Bertz CT molecular complexity index is 588. The van der Waals surface area contributed by atoms with Gasteiger partial charge in [0.2, 0.25) is 0 Å². The van der Waals surface area contributed by atoms with E-state index >= 15 is 0 Å². The van der Waals surface area contributed by atoms with E-state index in [-0.39, 0.29) is 5.24 Å². The van der Waals surface area contributed by atoms with Crippen LogP contribution in [0.25, 0.3) is 0 Å². The molecule has 0 bridgehead atoms. The minimum absolute atomic E-state index is 0.0553. The summed E-state index contributed by atoms with van der Waals surface area (Å²) in [6.07, 6.45) is 48.7. The lowest BCUT2D eigenvalue weighted by Crippen LogP contribution is -2.28. The summed E-state index contributed by atoms with van der Waals surface area (Å²) in [5.41, 5.74) is 0. The van der Waals surface area contributed by atoms with Crippen molar-refractivity contribution in [2.24, 2.45) is 0 Å². The lowest BCUT2D eigenvalue weighted by molar-refractivity contribution is 0.220. The number of unbranched alkanes of at least 4 members (excludes halogenated alkanes) is 18. The second-order valence-electron chi connectivity index (χ2n) is 11.4. The molecule has 0 heterocycles. The van der Waals surface area contributed by atoms with Gasteiger partial charge in [-0.05, 0) is 77.0 Å². The first-order chi connectivity index (χ1) is 19.7. The number of hydrogen-bond donors (Lipinski definition) is 1. The van der Waals surface area contributed by atoms with Crippen LogP contribution in [0.5, 0.6) is 0 Å². The van der Waals surface area contributed by atoms with Crippen LogP contribution in [-0.4, -0.2) is 23.2 Å². The van der Waals surface area contributed by atoms with Crippen LogP contribution in [-0.2, 0) is 0 Å². The molecule has 0 fully saturated rings. The first-order valence-electron chi connectivity index (χ1n) is 17.3. The fraction of sp³-hybridized carbons (Fsp3) is 0.757. The molecule has 0 atom stereocenters. The summed E-state index contributed by atoms with van der Waals surface area (Å²) in [5, 5.41) is -0.0553. The first kappa shape index (κ1) is 38.8. The maximum Gasteiger partial charge on any atom is 0.278 e. The highest BCUT2D eigenvalue weighted by atomic mass is 32.1. The number of nitrogens with zero attached hydrogens (tertiary/aromatic N) is 1. The standard InChI is InChI=1S/C37H67NOS/c1-3-5-7-9-11-13-15-17-19-21-23-25-27-29-31-33-35-38(37(39)40)36-34-32-30-28-26-24-22-20-18-16-14-12-10-8-6-4-2/h13-16,19-22H,3-12,17-18,23-36H2,1-2H3,(H,39,40)/b15-13-,16-14-,21-19-,22-20-. The third-order valence-corrected chi connectivity index (χ3v) is 7.81. The zero-order valence-electron chi connectivity index (χ0n) is 26.8. The van der Waals surface area contributed by atoms with Crippen molar-refractivity contribution in [3.63, 3.8) is 0 Å². The Labute approximate surface area is 256 Å². The molecule has 0 rings (SSSR count).